The molecule has 2 heterocycles. The van der Waals surface area contributed by atoms with Gasteiger partial charge in [0.05, 0.1) is 17.5 Å². The predicted molar refractivity (Wildman–Crippen MR) is 131 cm³/mol. The van der Waals surface area contributed by atoms with Crippen molar-refractivity contribution < 1.29 is 4.79 Å². The predicted octanol–water partition coefficient (Wildman–Crippen LogP) is 3.66. The van der Waals surface area contributed by atoms with Gasteiger partial charge >= 0.3 is 0 Å². The number of nitrogens with two attached hydrogens (primary N) is 2. The summed E-state index contributed by atoms with van der Waals surface area (Å²) in [7, 11) is 0. The molecule has 8 nitrogen and oxygen atoms in total. The molecule has 0 unspecified atom stereocenters. The Morgan fingerprint density at radius 3 is 2.36 bits per heavy atom. The van der Waals surface area contributed by atoms with Crippen LogP contribution in [-0.2, 0) is 4.79 Å². The van der Waals surface area contributed by atoms with E-state index in [1.165, 1.54) is 5.39 Å². The third kappa shape index (κ3) is 4.49. The van der Waals surface area contributed by atoms with Crippen molar-refractivity contribution in [3.63, 3.8) is 0 Å². The molecule has 1 aliphatic heterocycles. The zero-order valence-corrected chi connectivity index (χ0v) is 18.4. The van der Waals surface area contributed by atoms with Crippen molar-refractivity contribution >= 4 is 46.0 Å². The number of rotatable bonds is 5. The van der Waals surface area contributed by atoms with Crippen LogP contribution in [0.4, 0.5) is 11.9 Å². The standard InChI is InChI=1S/C24H21N7OS/c25-22-27-23(26)29-24(28-22)33-14-21(32)31-20(16-7-2-1-3-8-16)13-19(30-31)18-11-10-15-6-4-5-9-17(15)12-18/h1-12,20H,13-14H2,(H4,25,26,27,28,29)/t20-/m1/s1. The molecule has 9 heteroatoms. The number of carbonyl (C=O) groups excluding carboxylic acids is 1. The lowest BCUT2D eigenvalue weighted by atomic mass is 9.97. The van der Waals surface area contributed by atoms with E-state index in [2.05, 4.69) is 45.3 Å². The van der Waals surface area contributed by atoms with E-state index in [9.17, 15) is 4.79 Å². The lowest BCUT2D eigenvalue weighted by Crippen LogP contribution is -2.28. The van der Waals surface area contributed by atoms with E-state index in [0.717, 1.165) is 34.0 Å². The Morgan fingerprint density at radius 2 is 1.61 bits per heavy atom. The van der Waals surface area contributed by atoms with Gasteiger partial charge in [0.1, 0.15) is 0 Å². The molecule has 0 fully saturated rings. The van der Waals surface area contributed by atoms with E-state index in [4.69, 9.17) is 16.6 Å². The lowest BCUT2D eigenvalue weighted by molar-refractivity contribution is -0.130. The number of carbonyl (C=O) groups is 1. The Labute approximate surface area is 194 Å². The third-order valence-corrected chi connectivity index (χ3v) is 6.24. The number of nitrogens with zero attached hydrogens (tertiary/aromatic N) is 5. The average Bonchev–Trinajstić information content (AvgIpc) is 3.28. The molecule has 0 bridgehead atoms. The van der Waals surface area contributed by atoms with Crippen LogP contribution in [0.3, 0.4) is 0 Å². The largest absolute Gasteiger partial charge is 0.368 e. The molecular formula is C24H21N7OS. The van der Waals surface area contributed by atoms with Gasteiger partial charge in [0, 0.05) is 6.42 Å². The first-order valence-electron chi connectivity index (χ1n) is 10.4. The number of hydrogen-bond donors (Lipinski definition) is 2. The van der Waals surface area contributed by atoms with Gasteiger partial charge in [-0.3, -0.25) is 4.79 Å². The summed E-state index contributed by atoms with van der Waals surface area (Å²) < 4.78 is 0. The number of fused-ring (bicyclic) bond motifs is 1. The van der Waals surface area contributed by atoms with Crippen LogP contribution in [-0.4, -0.2) is 37.3 Å². The molecule has 1 aromatic heterocycles. The van der Waals surface area contributed by atoms with Gasteiger partial charge in [0.25, 0.3) is 5.91 Å². The maximum Gasteiger partial charge on any atom is 0.253 e. The van der Waals surface area contributed by atoms with Crippen LogP contribution >= 0.6 is 11.8 Å². The van der Waals surface area contributed by atoms with Crippen molar-refractivity contribution in [2.45, 2.75) is 17.6 Å². The highest BCUT2D eigenvalue weighted by molar-refractivity contribution is 7.99. The summed E-state index contributed by atoms with van der Waals surface area (Å²) in [4.78, 5) is 25.1. The lowest BCUT2D eigenvalue weighted by Gasteiger charge is -2.21. The van der Waals surface area contributed by atoms with Crippen LogP contribution in [0.5, 0.6) is 0 Å². The van der Waals surface area contributed by atoms with E-state index in [1.807, 2.05) is 42.5 Å². The summed E-state index contributed by atoms with van der Waals surface area (Å²) in [6.07, 6.45) is 0.629. The smallest absolute Gasteiger partial charge is 0.253 e. The maximum atomic E-state index is 13.2. The Kier molecular flexibility index (Phi) is 5.62. The fourth-order valence-electron chi connectivity index (χ4n) is 3.86. The first-order valence-corrected chi connectivity index (χ1v) is 11.4. The summed E-state index contributed by atoms with van der Waals surface area (Å²) in [6, 6.07) is 24.2. The summed E-state index contributed by atoms with van der Waals surface area (Å²) in [5, 5.41) is 8.94. The van der Waals surface area contributed by atoms with Crippen LogP contribution in [0.15, 0.2) is 83.1 Å². The topological polar surface area (TPSA) is 123 Å². The van der Waals surface area contributed by atoms with Crippen molar-refractivity contribution in [1.82, 2.24) is 20.0 Å². The Balaban J connectivity index is 1.43. The number of nitrogen functional groups attached to an aromatic ring is 2. The van der Waals surface area contributed by atoms with Gasteiger partial charge in [0.15, 0.2) is 5.16 Å². The maximum absolute atomic E-state index is 13.2. The van der Waals surface area contributed by atoms with Crippen LogP contribution < -0.4 is 11.5 Å². The number of benzene rings is 3. The molecule has 33 heavy (non-hydrogen) atoms. The molecule has 3 aromatic carbocycles. The number of hydrogen-bond acceptors (Lipinski definition) is 8. The van der Waals surface area contributed by atoms with Crippen molar-refractivity contribution in [2.75, 3.05) is 17.2 Å². The van der Waals surface area contributed by atoms with Gasteiger partial charge in [-0.05, 0) is 28.0 Å². The second kappa shape index (κ2) is 8.87. The van der Waals surface area contributed by atoms with Crippen molar-refractivity contribution in [1.29, 1.82) is 0 Å². The third-order valence-electron chi connectivity index (χ3n) is 5.41. The molecule has 164 valence electrons. The molecule has 0 saturated heterocycles. The number of hydrazone groups is 1. The summed E-state index contributed by atoms with van der Waals surface area (Å²) in [5.41, 5.74) is 14.2. The van der Waals surface area contributed by atoms with E-state index in [1.54, 1.807) is 5.01 Å². The summed E-state index contributed by atoms with van der Waals surface area (Å²) in [5.74, 6) is -0.00207. The zero-order valence-electron chi connectivity index (χ0n) is 17.6. The monoisotopic (exact) mass is 455 g/mol. The number of aromatic nitrogens is 3. The highest BCUT2D eigenvalue weighted by atomic mass is 32.2. The van der Waals surface area contributed by atoms with Gasteiger partial charge in [-0.25, -0.2) is 5.01 Å². The highest BCUT2D eigenvalue weighted by Gasteiger charge is 2.33. The van der Waals surface area contributed by atoms with E-state index in [0.29, 0.717) is 11.6 Å². The summed E-state index contributed by atoms with van der Waals surface area (Å²) in [6.45, 7) is 0. The van der Waals surface area contributed by atoms with E-state index < -0.39 is 0 Å². The molecule has 1 atom stereocenters. The fourth-order valence-corrected chi connectivity index (χ4v) is 4.56. The zero-order chi connectivity index (χ0) is 22.8. The molecular weight excluding hydrogens is 434 g/mol. The number of amides is 1. The molecule has 1 aliphatic rings. The molecule has 0 radical (unpaired) electrons. The van der Waals surface area contributed by atoms with Crippen molar-refractivity contribution in [2.24, 2.45) is 5.10 Å². The number of anilines is 2. The molecule has 0 aliphatic carbocycles. The molecule has 4 aromatic rings. The SMILES string of the molecule is Nc1nc(N)nc(SCC(=O)N2N=C(c3ccc4ccccc4c3)C[C@@H]2c2ccccc2)n1. The van der Waals surface area contributed by atoms with Crippen LogP contribution in [0, 0.1) is 0 Å². The minimum Gasteiger partial charge on any atom is -0.368 e. The second-order valence-corrected chi connectivity index (χ2v) is 8.54. The van der Waals surface area contributed by atoms with Crippen molar-refractivity contribution in [3.8, 4) is 0 Å². The van der Waals surface area contributed by atoms with Gasteiger partial charge in [-0.15, -0.1) is 0 Å². The average molecular weight is 456 g/mol. The molecule has 0 spiro atoms. The van der Waals surface area contributed by atoms with E-state index in [-0.39, 0.29) is 29.6 Å². The van der Waals surface area contributed by atoms with Crippen molar-refractivity contribution in [3.05, 3.63) is 83.9 Å². The number of thioether (sulfide) groups is 1. The Morgan fingerprint density at radius 1 is 0.909 bits per heavy atom. The van der Waals surface area contributed by atoms with Gasteiger partial charge < -0.3 is 11.5 Å². The van der Waals surface area contributed by atoms with Crippen LogP contribution in [0.2, 0.25) is 0 Å². The molecule has 0 saturated carbocycles. The minimum atomic E-state index is -0.186. The molecule has 4 N–H and O–H groups in total. The van der Waals surface area contributed by atoms with Crippen LogP contribution in [0.1, 0.15) is 23.6 Å². The van der Waals surface area contributed by atoms with Gasteiger partial charge in [0.2, 0.25) is 11.9 Å². The first kappa shape index (κ1) is 20.9. The quantitative estimate of drug-likeness (QED) is 0.440. The Bertz CT molecular complexity index is 1340. The molecule has 5 rings (SSSR count). The Hall–Kier alpha value is -3.98. The van der Waals surface area contributed by atoms with Gasteiger partial charge in [-0.1, -0.05) is 78.5 Å². The molecule has 1 amide bonds. The fraction of sp³-hybridized carbons (Fsp3) is 0.125. The van der Waals surface area contributed by atoms with E-state index >= 15 is 0 Å². The normalized spacial score (nSPS) is 15.6. The summed E-state index contributed by atoms with van der Waals surface area (Å²) >= 11 is 1.16. The second-order valence-electron chi connectivity index (χ2n) is 7.60. The minimum absolute atomic E-state index is 0.0254. The first-order chi connectivity index (χ1) is 16.1. The van der Waals surface area contributed by atoms with Crippen LogP contribution in [0.25, 0.3) is 10.8 Å². The van der Waals surface area contributed by atoms with Gasteiger partial charge in [-0.2, -0.15) is 20.1 Å². The highest BCUT2D eigenvalue weighted by Crippen LogP contribution is 2.34.